The van der Waals surface area contributed by atoms with E-state index < -0.39 is 6.04 Å². The molecule has 31 heavy (non-hydrogen) atoms. The quantitative estimate of drug-likeness (QED) is 0.661. The summed E-state index contributed by atoms with van der Waals surface area (Å²) in [6, 6.07) is 15.5. The molecule has 0 unspecified atom stereocenters. The van der Waals surface area contributed by atoms with Gasteiger partial charge in [-0.2, -0.15) is 0 Å². The van der Waals surface area contributed by atoms with Gasteiger partial charge in [0.25, 0.3) is 5.91 Å². The fourth-order valence-corrected chi connectivity index (χ4v) is 5.66. The lowest BCUT2D eigenvalue weighted by Crippen LogP contribution is -2.60. The van der Waals surface area contributed by atoms with Gasteiger partial charge in [0.05, 0.1) is 16.9 Å². The molecule has 1 saturated heterocycles. The number of anilines is 1. The number of carbonyl (C=O) groups excluding carboxylic acids is 2. The number of nitrogens with zero attached hydrogens (tertiary/aromatic N) is 3. The summed E-state index contributed by atoms with van der Waals surface area (Å²) in [6.45, 7) is 1.57. The Bertz CT molecular complexity index is 1190. The van der Waals surface area contributed by atoms with E-state index in [1.54, 1.807) is 0 Å². The number of H-pyrrole nitrogens is 1. The molecule has 0 spiro atoms. The van der Waals surface area contributed by atoms with Gasteiger partial charge in [0.15, 0.2) is 0 Å². The van der Waals surface area contributed by atoms with Crippen LogP contribution in [0.15, 0.2) is 48.5 Å². The van der Waals surface area contributed by atoms with Gasteiger partial charge in [-0.1, -0.05) is 30.3 Å². The molecule has 6 rings (SSSR count). The largest absolute Gasteiger partial charge is 0.355 e. The van der Waals surface area contributed by atoms with Gasteiger partial charge in [-0.05, 0) is 43.0 Å². The van der Waals surface area contributed by atoms with Crippen LogP contribution in [0, 0.1) is 0 Å². The minimum Gasteiger partial charge on any atom is -0.355 e. The van der Waals surface area contributed by atoms with Gasteiger partial charge in [-0.25, -0.2) is 0 Å². The van der Waals surface area contributed by atoms with Crippen molar-refractivity contribution < 1.29 is 9.59 Å². The number of hydrogen-bond donors (Lipinski definition) is 1. The normalized spacial score (nSPS) is 22.9. The molecular formula is C25H26N4O2. The van der Waals surface area contributed by atoms with Crippen molar-refractivity contribution in [3.05, 3.63) is 65.4 Å². The summed E-state index contributed by atoms with van der Waals surface area (Å²) in [6.07, 6.45) is 3.47. The number of carbonyl (C=O) groups is 2. The van der Waals surface area contributed by atoms with Crippen LogP contribution in [-0.2, 0) is 11.2 Å². The lowest BCUT2D eigenvalue weighted by Gasteiger charge is -2.50. The Labute approximate surface area is 181 Å². The number of likely N-dealkylation sites (tertiary alicyclic amines) is 1. The molecule has 6 heteroatoms. The van der Waals surface area contributed by atoms with Gasteiger partial charge in [-0.3, -0.25) is 9.59 Å². The van der Waals surface area contributed by atoms with Crippen LogP contribution >= 0.6 is 0 Å². The third-order valence-electron chi connectivity index (χ3n) is 7.17. The van der Waals surface area contributed by atoms with E-state index in [0.29, 0.717) is 12.0 Å². The monoisotopic (exact) mass is 414 g/mol. The van der Waals surface area contributed by atoms with Crippen LogP contribution in [-0.4, -0.2) is 52.8 Å². The molecule has 3 aliphatic rings. The van der Waals surface area contributed by atoms with Gasteiger partial charge in [-0.15, -0.1) is 0 Å². The second-order valence-corrected chi connectivity index (χ2v) is 8.88. The summed E-state index contributed by atoms with van der Waals surface area (Å²) in [5.41, 5.74) is 4.81. The Balaban J connectivity index is 1.54. The molecule has 4 heterocycles. The highest BCUT2D eigenvalue weighted by molar-refractivity contribution is 6.05. The number of benzene rings is 2. The number of aromatic amines is 1. The van der Waals surface area contributed by atoms with Gasteiger partial charge in [0, 0.05) is 37.5 Å². The number of piperidine rings is 1. The summed E-state index contributed by atoms with van der Waals surface area (Å²) >= 11 is 0. The van der Waals surface area contributed by atoms with Gasteiger partial charge in [0.1, 0.15) is 12.2 Å². The van der Waals surface area contributed by atoms with Crippen LogP contribution in [0.5, 0.6) is 0 Å². The number of hydrogen-bond acceptors (Lipinski definition) is 3. The Morgan fingerprint density at radius 2 is 1.74 bits per heavy atom. The van der Waals surface area contributed by atoms with E-state index in [2.05, 4.69) is 22.0 Å². The fraction of sp³-hybridized carbons (Fsp3) is 0.360. The SMILES string of the molecule is CN1c2ccccc2C(=O)N2[C@H](C(=O)N3CCCCC3)Cc3c([nH]c4ccccc34)[C@@H]12. The van der Waals surface area contributed by atoms with Crippen molar-refractivity contribution in [3.63, 3.8) is 0 Å². The minimum absolute atomic E-state index is 0.0571. The maximum absolute atomic E-state index is 13.7. The first kappa shape index (κ1) is 18.5. The van der Waals surface area contributed by atoms with Gasteiger partial charge < -0.3 is 19.7 Å². The summed E-state index contributed by atoms with van der Waals surface area (Å²) in [4.78, 5) is 37.0. The number of fused-ring (bicyclic) bond motifs is 6. The van der Waals surface area contributed by atoms with Crippen LogP contribution in [0.1, 0.15) is 47.0 Å². The van der Waals surface area contributed by atoms with Crippen molar-refractivity contribution in [2.24, 2.45) is 0 Å². The second-order valence-electron chi connectivity index (χ2n) is 8.88. The molecule has 6 nitrogen and oxygen atoms in total. The summed E-state index contributed by atoms with van der Waals surface area (Å²) < 4.78 is 0. The van der Waals surface area contributed by atoms with Crippen LogP contribution in [0.3, 0.4) is 0 Å². The number of rotatable bonds is 1. The van der Waals surface area contributed by atoms with Crippen molar-refractivity contribution in [2.75, 3.05) is 25.0 Å². The van der Waals surface area contributed by atoms with Gasteiger partial charge in [0.2, 0.25) is 5.91 Å². The van der Waals surface area contributed by atoms with Crippen molar-refractivity contribution in [3.8, 4) is 0 Å². The summed E-state index contributed by atoms with van der Waals surface area (Å²) in [5, 5.41) is 1.15. The molecule has 158 valence electrons. The number of amides is 2. The van der Waals surface area contributed by atoms with Gasteiger partial charge >= 0.3 is 0 Å². The zero-order valence-electron chi connectivity index (χ0n) is 17.7. The standard InChI is InChI=1S/C25H26N4O2/c1-27-20-12-6-4-10-17(20)24(30)29-21(25(31)28-13-7-2-8-14-28)15-18-16-9-3-5-11-19(16)26-22(18)23(27)29/h3-6,9-12,21,23,26H,2,7-8,13-15H2,1H3/t21-,23-/m0/s1. The lowest BCUT2D eigenvalue weighted by molar-refractivity contribution is -0.138. The molecular weight excluding hydrogens is 388 g/mol. The van der Waals surface area contributed by atoms with Crippen molar-refractivity contribution in [1.29, 1.82) is 0 Å². The van der Waals surface area contributed by atoms with E-state index in [0.717, 1.165) is 53.8 Å². The summed E-state index contributed by atoms with van der Waals surface area (Å²) in [7, 11) is 2.02. The maximum Gasteiger partial charge on any atom is 0.258 e. The smallest absolute Gasteiger partial charge is 0.258 e. The first-order valence-corrected chi connectivity index (χ1v) is 11.2. The molecule has 3 aromatic rings. The number of para-hydroxylation sites is 2. The molecule has 2 atom stereocenters. The predicted octanol–water partition coefficient (Wildman–Crippen LogP) is 3.70. The van der Waals surface area contributed by atoms with E-state index in [-0.39, 0.29) is 18.0 Å². The summed E-state index contributed by atoms with van der Waals surface area (Å²) in [5.74, 6) is 0.0279. The molecule has 3 aliphatic heterocycles. The maximum atomic E-state index is 13.7. The Morgan fingerprint density at radius 3 is 2.58 bits per heavy atom. The third kappa shape index (κ3) is 2.63. The topological polar surface area (TPSA) is 59.7 Å². The third-order valence-corrected chi connectivity index (χ3v) is 7.17. The van der Waals surface area contributed by atoms with E-state index in [9.17, 15) is 9.59 Å². The first-order valence-electron chi connectivity index (χ1n) is 11.2. The lowest BCUT2D eigenvalue weighted by atomic mass is 9.90. The van der Waals surface area contributed by atoms with Crippen LogP contribution < -0.4 is 4.90 Å². The highest BCUT2D eigenvalue weighted by atomic mass is 16.2. The van der Waals surface area contributed by atoms with E-state index in [4.69, 9.17) is 0 Å². The zero-order chi connectivity index (χ0) is 21.1. The van der Waals surface area contributed by atoms with Crippen LogP contribution in [0.25, 0.3) is 10.9 Å². The molecule has 2 aromatic carbocycles. The Hall–Kier alpha value is -3.28. The average Bonchev–Trinajstić information content (AvgIpc) is 3.20. The molecule has 1 aromatic heterocycles. The van der Waals surface area contributed by atoms with E-state index in [1.807, 2.05) is 53.2 Å². The number of aromatic nitrogens is 1. The first-order chi connectivity index (χ1) is 15.1. The zero-order valence-corrected chi connectivity index (χ0v) is 17.7. The molecule has 0 saturated carbocycles. The van der Waals surface area contributed by atoms with Crippen molar-refractivity contribution >= 4 is 28.4 Å². The molecule has 0 aliphatic carbocycles. The highest BCUT2D eigenvalue weighted by Crippen LogP contribution is 2.45. The fourth-order valence-electron chi connectivity index (χ4n) is 5.66. The highest BCUT2D eigenvalue weighted by Gasteiger charge is 2.49. The average molecular weight is 415 g/mol. The van der Waals surface area contributed by atoms with E-state index in [1.165, 1.54) is 6.42 Å². The molecule has 1 N–H and O–H groups in total. The second kappa shape index (κ2) is 6.87. The predicted molar refractivity (Wildman–Crippen MR) is 120 cm³/mol. The van der Waals surface area contributed by atoms with Crippen molar-refractivity contribution in [1.82, 2.24) is 14.8 Å². The van der Waals surface area contributed by atoms with Crippen LogP contribution in [0.4, 0.5) is 5.69 Å². The van der Waals surface area contributed by atoms with E-state index >= 15 is 0 Å². The Morgan fingerprint density at radius 1 is 1.00 bits per heavy atom. The number of nitrogens with one attached hydrogen (secondary N) is 1. The van der Waals surface area contributed by atoms with Crippen LogP contribution in [0.2, 0.25) is 0 Å². The molecule has 0 radical (unpaired) electrons. The molecule has 0 bridgehead atoms. The Kier molecular flexibility index (Phi) is 4.10. The molecule has 1 fully saturated rings. The molecule has 2 amide bonds. The van der Waals surface area contributed by atoms with Crippen molar-refractivity contribution in [2.45, 2.75) is 37.9 Å². The minimum atomic E-state index is -0.488.